The van der Waals surface area contributed by atoms with E-state index in [0.717, 1.165) is 0 Å². The Hall–Kier alpha value is -1.48. The average Bonchev–Trinajstić information content (AvgIpc) is 2.83. The van der Waals surface area contributed by atoms with Crippen molar-refractivity contribution in [3.8, 4) is 0 Å². The largest absolute Gasteiger partial charge is 0.479 e. The van der Waals surface area contributed by atoms with Gasteiger partial charge in [-0.3, -0.25) is 0 Å². The quantitative estimate of drug-likeness (QED) is 0.338. The molecule has 3 nitrogen and oxygen atoms in total. The number of fused-ring (bicyclic) bond motifs is 1. The molecule has 29 heavy (non-hydrogen) atoms. The molecule has 1 aliphatic heterocycles. The van der Waals surface area contributed by atoms with Gasteiger partial charge < -0.3 is 8.92 Å². The molecule has 10 heteroatoms. The molecule has 0 saturated carbocycles. The summed E-state index contributed by atoms with van der Waals surface area (Å²) in [7, 11) is 1.26. The summed E-state index contributed by atoms with van der Waals surface area (Å²) in [6.07, 6.45) is 0.405. The zero-order chi connectivity index (χ0) is 21.2. The highest BCUT2D eigenvalue weighted by Gasteiger charge is 2.34. The van der Waals surface area contributed by atoms with Crippen LogP contribution < -0.4 is 0 Å². The molecule has 0 radical (unpaired) electrons. The van der Waals surface area contributed by atoms with Gasteiger partial charge in [-0.05, 0) is 36.8 Å². The Morgan fingerprint density at radius 2 is 1.86 bits per heavy atom. The Morgan fingerprint density at radius 3 is 2.52 bits per heavy atom. The summed E-state index contributed by atoms with van der Waals surface area (Å²) in [5.74, 6) is 0.0674. The van der Waals surface area contributed by atoms with Gasteiger partial charge in [-0.1, -0.05) is 29.3 Å². The number of hydrogen-bond acceptors (Lipinski definition) is 5. The van der Waals surface area contributed by atoms with Crippen LogP contribution in [0, 0.1) is 0 Å². The zero-order valence-corrected chi connectivity index (χ0v) is 18.0. The van der Waals surface area contributed by atoms with E-state index < -0.39 is 23.5 Å². The number of carbonyl (C=O) groups is 1. The molecule has 0 aliphatic carbocycles. The van der Waals surface area contributed by atoms with Crippen molar-refractivity contribution < 1.29 is 26.9 Å². The first kappa shape index (κ1) is 22.2. The van der Waals surface area contributed by atoms with Gasteiger partial charge in [0.2, 0.25) is 0 Å². The van der Waals surface area contributed by atoms with E-state index in [2.05, 4.69) is 0 Å². The van der Waals surface area contributed by atoms with Gasteiger partial charge in [0.05, 0.1) is 12.7 Å². The summed E-state index contributed by atoms with van der Waals surface area (Å²) in [6, 6.07) is 9.41. The van der Waals surface area contributed by atoms with Crippen molar-refractivity contribution in [3.63, 3.8) is 0 Å². The van der Waals surface area contributed by atoms with Crippen molar-refractivity contribution in [3.05, 3.63) is 63.1 Å². The van der Waals surface area contributed by atoms with Crippen LogP contribution in [-0.2, 0) is 8.92 Å². The first-order valence-corrected chi connectivity index (χ1v) is 10.6. The third-order valence-electron chi connectivity index (χ3n) is 4.01. The number of benzene rings is 2. The van der Waals surface area contributed by atoms with Crippen LogP contribution in [-0.4, -0.2) is 24.3 Å². The molecule has 0 unspecified atom stereocenters. The molecule has 2 aromatic carbocycles. The van der Waals surface area contributed by atoms with Gasteiger partial charge >= 0.3 is 11.5 Å². The summed E-state index contributed by atoms with van der Waals surface area (Å²) < 4.78 is 48.5. The topological polar surface area (TPSA) is 35.5 Å². The van der Waals surface area contributed by atoms with Gasteiger partial charge in [-0.25, -0.2) is 4.79 Å². The third-order valence-corrected chi connectivity index (χ3v) is 6.05. The molecule has 0 aromatic heterocycles. The van der Waals surface area contributed by atoms with Crippen molar-refractivity contribution in [1.29, 1.82) is 0 Å². The number of esters is 1. The maximum absolute atomic E-state index is 12.9. The lowest BCUT2D eigenvalue weighted by molar-refractivity contribution is -0.0375. The minimum Gasteiger partial charge on any atom is -0.465 e. The van der Waals surface area contributed by atoms with Gasteiger partial charge in [0.15, 0.2) is 12.0 Å². The van der Waals surface area contributed by atoms with Crippen LogP contribution in [0.3, 0.4) is 0 Å². The van der Waals surface area contributed by atoms with Crippen molar-refractivity contribution in [2.75, 3.05) is 12.9 Å². The average molecular weight is 481 g/mol. The van der Waals surface area contributed by atoms with Crippen molar-refractivity contribution in [1.82, 2.24) is 0 Å². The predicted molar refractivity (Wildman–Crippen MR) is 111 cm³/mol. The Balaban J connectivity index is 2.17. The number of ether oxygens (including phenoxy) is 1. The van der Waals surface area contributed by atoms with Gasteiger partial charge in [0, 0.05) is 37.4 Å². The maximum Gasteiger partial charge on any atom is 0.479 e. The number of halogens is 5. The van der Waals surface area contributed by atoms with E-state index in [0.29, 0.717) is 49.4 Å². The molecule has 0 saturated heterocycles. The monoisotopic (exact) mass is 480 g/mol. The Labute approximate surface area is 183 Å². The summed E-state index contributed by atoms with van der Waals surface area (Å²) in [5.41, 5.74) is -2.78. The lowest BCUT2D eigenvalue weighted by Gasteiger charge is -2.17. The van der Waals surface area contributed by atoms with Gasteiger partial charge in [0.25, 0.3) is 0 Å². The normalized spacial score (nSPS) is 14.3. The first-order chi connectivity index (χ1) is 13.7. The molecule has 0 N–H and O–H groups in total. The molecule has 0 amide bonds. The Bertz CT molecular complexity index is 978. The molecular formula is C19H13Cl2F3O3S2. The molecule has 2 aromatic rings. The van der Waals surface area contributed by atoms with Crippen LogP contribution in [0.1, 0.15) is 27.9 Å². The van der Waals surface area contributed by atoms with E-state index in [1.807, 2.05) is 0 Å². The third kappa shape index (κ3) is 5.36. The van der Waals surface area contributed by atoms with Crippen molar-refractivity contribution in [2.24, 2.45) is 0 Å². The lowest BCUT2D eigenvalue weighted by Crippen LogP contribution is -2.04. The van der Waals surface area contributed by atoms with E-state index in [1.54, 1.807) is 24.3 Å². The van der Waals surface area contributed by atoms with Crippen LogP contribution in [0.15, 0.2) is 41.3 Å². The number of methoxy groups -OCH3 is 1. The highest BCUT2D eigenvalue weighted by atomic mass is 35.5. The van der Waals surface area contributed by atoms with Gasteiger partial charge in [-0.15, -0.1) is 11.8 Å². The Morgan fingerprint density at radius 1 is 1.14 bits per heavy atom. The first-order valence-electron chi connectivity index (χ1n) is 8.16. The summed E-state index contributed by atoms with van der Waals surface area (Å²) >= 11 is 13.1. The van der Waals surface area contributed by atoms with E-state index >= 15 is 0 Å². The summed E-state index contributed by atoms with van der Waals surface area (Å²) in [4.78, 5) is 12.4. The standard InChI is InChI=1S/C19H13Cl2F3O3S2/c1-26-18(25)10-2-4-14-16(8-10)28-7-6-13(17(14)27-29-19(22,23)24)12-5-3-11(20)9-15(12)21/h2-5,8-9H,6-7H2,1H3. The second kappa shape index (κ2) is 9.12. The molecule has 0 bridgehead atoms. The van der Waals surface area contributed by atoms with Crippen molar-refractivity contribution >= 4 is 64.3 Å². The van der Waals surface area contributed by atoms with Gasteiger partial charge in [0.1, 0.15) is 5.76 Å². The molecule has 1 heterocycles. The molecular weight excluding hydrogens is 468 g/mol. The molecule has 3 rings (SSSR count). The fourth-order valence-electron chi connectivity index (χ4n) is 2.79. The number of hydrogen-bond donors (Lipinski definition) is 0. The van der Waals surface area contributed by atoms with E-state index in [-0.39, 0.29) is 5.76 Å². The van der Waals surface area contributed by atoms with Crippen LogP contribution in [0.25, 0.3) is 11.3 Å². The van der Waals surface area contributed by atoms with Crippen LogP contribution >= 0.6 is 47.0 Å². The van der Waals surface area contributed by atoms with Crippen LogP contribution in [0.4, 0.5) is 13.2 Å². The van der Waals surface area contributed by atoms with E-state index in [1.165, 1.54) is 31.0 Å². The SMILES string of the molecule is COC(=O)c1ccc2c(c1)SCCC(c1ccc(Cl)cc1Cl)=C2OSC(F)(F)F. The van der Waals surface area contributed by atoms with E-state index in [4.69, 9.17) is 32.1 Å². The zero-order valence-electron chi connectivity index (χ0n) is 14.8. The fourth-order valence-corrected chi connectivity index (χ4v) is 4.73. The fraction of sp³-hybridized carbons (Fsp3) is 0.211. The van der Waals surface area contributed by atoms with Crippen molar-refractivity contribution in [2.45, 2.75) is 16.8 Å². The molecule has 0 fully saturated rings. The number of carbonyl (C=O) groups excluding carboxylic acids is 1. The van der Waals surface area contributed by atoms with E-state index in [9.17, 15) is 18.0 Å². The number of alkyl halides is 3. The second-order valence-corrected chi connectivity index (χ2v) is 8.62. The highest BCUT2D eigenvalue weighted by molar-refractivity contribution is 7.99. The maximum atomic E-state index is 12.9. The molecule has 0 spiro atoms. The second-order valence-electron chi connectivity index (χ2n) is 5.85. The van der Waals surface area contributed by atoms with Crippen LogP contribution in [0.2, 0.25) is 10.0 Å². The Kier molecular flexibility index (Phi) is 6.98. The lowest BCUT2D eigenvalue weighted by atomic mass is 9.98. The summed E-state index contributed by atoms with van der Waals surface area (Å²) in [5, 5.41) is 0.725. The minimum atomic E-state index is -4.59. The highest BCUT2D eigenvalue weighted by Crippen LogP contribution is 2.46. The number of allylic oxidation sites excluding steroid dienone is 1. The molecule has 1 aliphatic rings. The molecule has 0 atom stereocenters. The summed E-state index contributed by atoms with van der Waals surface area (Å²) in [6.45, 7) is 0. The van der Waals surface area contributed by atoms with Crippen LogP contribution in [0.5, 0.6) is 0 Å². The smallest absolute Gasteiger partial charge is 0.465 e. The minimum absolute atomic E-state index is 0.0490. The molecule has 154 valence electrons. The predicted octanol–water partition coefficient (Wildman–Crippen LogP) is 7.33. The van der Waals surface area contributed by atoms with Gasteiger partial charge in [-0.2, -0.15) is 13.2 Å². The number of rotatable bonds is 4. The number of thioether (sulfide) groups is 1.